The number of fused-ring (bicyclic) bond motifs is 1. The molecule has 1 aromatic heterocycles. The third kappa shape index (κ3) is 1.07. The molecule has 0 N–H and O–H groups in total. The summed E-state index contributed by atoms with van der Waals surface area (Å²) in [6, 6.07) is 4.37. The van der Waals surface area contributed by atoms with Gasteiger partial charge < -0.3 is 0 Å². The molecule has 2 heterocycles. The summed E-state index contributed by atoms with van der Waals surface area (Å²) < 4.78 is 2.27. The van der Waals surface area contributed by atoms with Gasteiger partial charge in [-0.3, -0.25) is 0 Å². The fourth-order valence-electron chi connectivity index (χ4n) is 1.49. The van der Waals surface area contributed by atoms with Crippen molar-refractivity contribution in [1.29, 1.82) is 0 Å². The number of aryl methyl sites for hydroxylation is 1. The Bertz CT molecular complexity index is 324. The fraction of sp³-hybridized carbons (Fsp3) is 0.300. The highest BCUT2D eigenvalue weighted by Gasteiger charge is 2.15. The van der Waals surface area contributed by atoms with Gasteiger partial charge in [0.15, 0.2) is 12.7 Å². The largest absolute Gasteiger partial charge is 0.205 e. The topological polar surface area (TPSA) is 3.88 Å². The fourth-order valence-corrected chi connectivity index (χ4v) is 1.49. The van der Waals surface area contributed by atoms with Gasteiger partial charge in [-0.25, -0.2) is 0 Å². The second kappa shape index (κ2) is 2.19. The summed E-state index contributed by atoms with van der Waals surface area (Å²) in [5.74, 6) is 0. The van der Waals surface area contributed by atoms with Crippen molar-refractivity contribution in [3.63, 3.8) is 0 Å². The molecule has 0 saturated heterocycles. The highest BCUT2D eigenvalue weighted by molar-refractivity contribution is 5.48. The normalized spacial score (nSPS) is 14.5. The van der Waals surface area contributed by atoms with Gasteiger partial charge in [0.1, 0.15) is 0 Å². The summed E-state index contributed by atoms with van der Waals surface area (Å²) in [5.41, 5.74) is 4.11. The van der Waals surface area contributed by atoms with Crippen LogP contribution in [0.3, 0.4) is 0 Å². The Hall–Kier alpha value is -1.11. The molecule has 1 aliphatic rings. The Labute approximate surface area is 67.0 Å². The van der Waals surface area contributed by atoms with E-state index in [0.29, 0.717) is 0 Å². The summed E-state index contributed by atoms with van der Waals surface area (Å²) in [5, 5.41) is 0. The first-order chi connectivity index (χ1) is 5.25. The maximum atomic E-state index is 2.27. The number of hydrogen-bond acceptors (Lipinski definition) is 0. The van der Waals surface area contributed by atoms with E-state index in [9.17, 15) is 0 Å². The number of allylic oxidation sites excluding steroid dienone is 1. The molecule has 0 unspecified atom stereocenters. The molecule has 0 spiro atoms. The van der Waals surface area contributed by atoms with Gasteiger partial charge in [-0.05, 0) is 25.0 Å². The van der Waals surface area contributed by atoms with E-state index in [1.807, 2.05) is 0 Å². The first kappa shape index (κ1) is 6.59. The van der Waals surface area contributed by atoms with Crippen LogP contribution in [0.4, 0.5) is 0 Å². The molecule has 0 bridgehead atoms. The number of rotatable bonds is 0. The van der Waals surface area contributed by atoms with E-state index in [-0.39, 0.29) is 0 Å². The molecule has 0 aromatic carbocycles. The number of pyridine rings is 1. The SMILES string of the molecule is CC1=Cc2cc(C)cc[n+]2C1. The Kier molecular flexibility index (Phi) is 1.31. The Morgan fingerprint density at radius 1 is 1.36 bits per heavy atom. The van der Waals surface area contributed by atoms with Crippen molar-refractivity contribution >= 4 is 6.08 Å². The Balaban J connectivity index is 2.54. The van der Waals surface area contributed by atoms with Gasteiger partial charge in [0.25, 0.3) is 0 Å². The van der Waals surface area contributed by atoms with Gasteiger partial charge in [0.05, 0.1) is 0 Å². The van der Waals surface area contributed by atoms with Crippen molar-refractivity contribution in [2.24, 2.45) is 0 Å². The van der Waals surface area contributed by atoms with Crippen LogP contribution in [0.2, 0.25) is 0 Å². The number of nitrogens with zero attached hydrogens (tertiary/aromatic N) is 1. The molecule has 56 valence electrons. The standard InChI is InChI=1S/C10H12N/c1-8-3-4-11-7-9(2)6-10(11)5-8/h3-6H,7H2,1-2H3/q+1. The average Bonchev–Trinajstić information content (AvgIpc) is 2.27. The number of aromatic nitrogens is 1. The lowest BCUT2D eigenvalue weighted by Gasteiger charge is -1.92. The van der Waals surface area contributed by atoms with E-state index in [1.165, 1.54) is 16.8 Å². The van der Waals surface area contributed by atoms with Crippen LogP contribution in [0.5, 0.6) is 0 Å². The molecule has 1 aromatic rings. The summed E-state index contributed by atoms with van der Waals surface area (Å²) >= 11 is 0. The molecule has 0 radical (unpaired) electrons. The highest BCUT2D eigenvalue weighted by atomic mass is 15.0. The van der Waals surface area contributed by atoms with Gasteiger partial charge in [0, 0.05) is 18.2 Å². The van der Waals surface area contributed by atoms with Gasteiger partial charge in [-0.2, -0.15) is 4.57 Å². The van der Waals surface area contributed by atoms with E-state index in [4.69, 9.17) is 0 Å². The molecule has 0 saturated carbocycles. The zero-order chi connectivity index (χ0) is 7.84. The smallest absolute Gasteiger partial charge is 0.195 e. The lowest BCUT2D eigenvalue weighted by Crippen LogP contribution is -2.33. The molecule has 0 aliphatic carbocycles. The minimum atomic E-state index is 1.07. The molecule has 1 nitrogen and oxygen atoms in total. The molecule has 0 fully saturated rings. The first-order valence-corrected chi connectivity index (χ1v) is 3.93. The maximum absolute atomic E-state index is 2.27. The van der Waals surface area contributed by atoms with Crippen LogP contribution in [-0.2, 0) is 6.54 Å². The Morgan fingerprint density at radius 3 is 3.00 bits per heavy atom. The van der Waals surface area contributed by atoms with Crippen molar-refractivity contribution < 1.29 is 4.57 Å². The minimum Gasteiger partial charge on any atom is -0.195 e. The van der Waals surface area contributed by atoms with Crippen LogP contribution in [0.1, 0.15) is 18.2 Å². The van der Waals surface area contributed by atoms with Crippen molar-refractivity contribution in [1.82, 2.24) is 0 Å². The second-order valence-electron chi connectivity index (χ2n) is 3.25. The number of hydrogen-bond donors (Lipinski definition) is 0. The van der Waals surface area contributed by atoms with Crippen LogP contribution in [0.25, 0.3) is 6.08 Å². The van der Waals surface area contributed by atoms with Crippen molar-refractivity contribution in [2.75, 3.05) is 0 Å². The van der Waals surface area contributed by atoms with Gasteiger partial charge in [-0.15, -0.1) is 0 Å². The van der Waals surface area contributed by atoms with Crippen LogP contribution in [-0.4, -0.2) is 0 Å². The molecule has 0 atom stereocenters. The third-order valence-corrected chi connectivity index (χ3v) is 2.04. The monoisotopic (exact) mass is 146 g/mol. The van der Waals surface area contributed by atoms with Crippen molar-refractivity contribution in [3.05, 3.63) is 35.2 Å². The van der Waals surface area contributed by atoms with Crippen LogP contribution >= 0.6 is 0 Å². The van der Waals surface area contributed by atoms with E-state index >= 15 is 0 Å². The molecule has 1 aliphatic heterocycles. The third-order valence-electron chi connectivity index (χ3n) is 2.04. The molecular weight excluding hydrogens is 134 g/mol. The molecule has 2 rings (SSSR count). The quantitative estimate of drug-likeness (QED) is 0.490. The minimum absolute atomic E-state index is 1.07. The predicted octanol–water partition coefficient (Wildman–Crippen LogP) is 1.70. The molecule has 11 heavy (non-hydrogen) atoms. The van der Waals surface area contributed by atoms with Crippen molar-refractivity contribution in [3.8, 4) is 0 Å². The van der Waals surface area contributed by atoms with E-state index < -0.39 is 0 Å². The van der Waals surface area contributed by atoms with Gasteiger partial charge >= 0.3 is 0 Å². The van der Waals surface area contributed by atoms with Gasteiger partial charge in [-0.1, -0.05) is 0 Å². The van der Waals surface area contributed by atoms with Crippen LogP contribution < -0.4 is 4.57 Å². The summed E-state index contributed by atoms with van der Waals surface area (Å²) in [7, 11) is 0. The van der Waals surface area contributed by atoms with E-state index in [0.717, 1.165) is 6.54 Å². The highest BCUT2D eigenvalue weighted by Crippen LogP contribution is 2.10. The second-order valence-corrected chi connectivity index (χ2v) is 3.25. The zero-order valence-corrected chi connectivity index (χ0v) is 6.96. The molecule has 0 amide bonds. The van der Waals surface area contributed by atoms with E-state index in [1.54, 1.807) is 0 Å². The zero-order valence-electron chi connectivity index (χ0n) is 6.96. The molecular formula is C10H12N+. The maximum Gasteiger partial charge on any atom is 0.205 e. The Morgan fingerprint density at radius 2 is 2.18 bits per heavy atom. The lowest BCUT2D eigenvalue weighted by atomic mass is 10.2. The average molecular weight is 146 g/mol. The summed E-state index contributed by atoms with van der Waals surface area (Å²) in [4.78, 5) is 0. The van der Waals surface area contributed by atoms with Crippen molar-refractivity contribution in [2.45, 2.75) is 20.4 Å². The summed E-state index contributed by atoms with van der Waals surface area (Å²) in [6.45, 7) is 5.36. The van der Waals surface area contributed by atoms with E-state index in [2.05, 4.69) is 42.8 Å². The summed E-state index contributed by atoms with van der Waals surface area (Å²) in [6.07, 6.45) is 4.39. The first-order valence-electron chi connectivity index (χ1n) is 3.93. The molecule has 1 heteroatoms. The van der Waals surface area contributed by atoms with Crippen LogP contribution in [0.15, 0.2) is 23.9 Å². The predicted molar refractivity (Wildman–Crippen MR) is 45.0 cm³/mol. The van der Waals surface area contributed by atoms with Crippen LogP contribution in [0, 0.1) is 6.92 Å². The lowest BCUT2D eigenvalue weighted by molar-refractivity contribution is -0.686. The van der Waals surface area contributed by atoms with Gasteiger partial charge in [0.2, 0.25) is 5.69 Å².